The summed E-state index contributed by atoms with van der Waals surface area (Å²) in [5, 5.41) is 17.5. The molecular formula is C21H22BrN3O3. The van der Waals surface area contributed by atoms with Crippen LogP contribution in [0.15, 0.2) is 53.0 Å². The molecular weight excluding hydrogens is 422 g/mol. The summed E-state index contributed by atoms with van der Waals surface area (Å²) in [4.78, 5) is 12.4. The zero-order chi connectivity index (χ0) is 20.3. The number of aliphatic hydroxyl groups is 1. The molecule has 3 rings (SSSR count). The second-order valence-corrected chi connectivity index (χ2v) is 7.24. The number of amides is 1. The van der Waals surface area contributed by atoms with Crippen LogP contribution in [0, 0.1) is 13.8 Å². The lowest BCUT2D eigenvalue weighted by atomic mass is 10.1. The van der Waals surface area contributed by atoms with Crippen molar-refractivity contribution < 1.29 is 14.6 Å². The van der Waals surface area contributed by atoms with Gasteiger partial charge in [-0.15, -0.1) is 0 Å². The van der Waals surface area contributed by atoms with Gasteiger partial charge in [0.15, 0.2) is 0 Å². The van der Waals surface area contributed by atoms with Crippen LogP contribution in [0.4, 0.5) is 0 Å². The third kappa shape index (κ3) is 4.26. The van der Waals surface area contributed by atoms with E-state index in [9.17, 15) is 9.90 Å². The number of benzene rings is 2. The van der Waals surface area contributed by atoms with E-state index in [-0.39, 0.29) is 12.5 Å². The predicted molar refractivity (Wildman–Crippen MR) is 111 cm³/mol. The second kappa shape index (κ2) is 8.58. The summed E-state index contributed by atoms with van der Waals surface area (Å²) >= 11 is 3.52. The van der Waals surface area contributed by atoms with E-state index in [4.69, 9.17) is 4.74 Å². The maximum Gasteiger partial charge on any atom is 0.251 e. The van der Waals surface area contributed by atoms with Gasteiger partial charge in [0.25, 0.3) is 5.91 Å². The molecule has 0 aliphatic carbocycles. The monoisotopic (exact) mass is 443 g/mol. The molecule has 28 heavy (non-hydrogen) atoms. The van der Waals surface area contributed by atoms with E-state index in [1.807, 2.05) is 30.7 Å². The predicted octanol–water partition coefficient (Wildman–Crippen LogP) is 3.72. The van der Waals surface area contributed by atoms with Gasteiger partial charge in [-0.25, -0.2) is 4.68 Å². The van der Waals surface area contributed by atoms with Crippen molar-refractivity contribution in [2.75, 3.05) is 13.7 Å². The summed E-state index contributed by atoms with van der Waals surface area (Å²) in [5.41, 5.74) is 4.02. The van der Waals surface area contributed by atoms with Gasteiger partial charge in [0.1, 0.15) is 5.75 Å². The molecule has 1 amide bonds. The van der Waals surface area contributed by atoms with Crippen LogP contribution in [0.2, 0.25) is 0 Å². The largest absolute Gasteiger partial charge is 0.497 e. The minimum absolute atomic E-state index is 0.122. The molecule has 0 aliphatic heterocycles. The zero-order valence-corrected chi connectivity index (χ0v) is 17.5. The summed E-state index contributed by atoms with van der Waals surface area (Å²) in [6.07, 6.45) is -0.791. The summed E-state index contributed by atoms with van der Waals surface area (Å²) in [5.74, 6) is 0.475. The standard InChI is InChI=1S/C21H22BrN3O3/c1-13-20(22)14(2)25(24-13)17-8-4-16(5-9-17)21(27)23-12-19(26)15-6-10-18(28-3)11-7-15/h4-11,19,26H,12H2,1-3H3,(H,23,27). The van der Waals surface area contributed by atoms with Crippen LogP contribution >= 0.6 is 15.9 Å². The minimum Gasteiger partial charge on any atom is -0.497 e. The first-order valence-electron chi connectivity index (χ1n) is 8.83. The van der Waals surface area contributed by atoms with E-state index in [2.05, 4.69) is 26.3 Å². The van der Waals surface area contributed by atoms with Crippen LogP contribution in [-0.4, -0.2) is 34.4 Å². The fourth-order valence-electron chi connectivity index (χ4n) is 2.86. The Kier molecular flexibility index (Phi) is 6.16. The number of hydrogen-bond donors (Lipinski definition) is 2. The van der Waals surface area contributed by atoms with Crippen molar-refractivity contribution in [1.29, 1.82) is 0 Å². The van der Waals surface area contributed by atoms with E-state index in [0.717, 1.165) is 27.3 Å². The SMILES string of the molecule is COc1ccc(C(O)CNC(=O)c2ccc(-n3nc(C)c(Br)c3C)cc2)cc1. The first-order valence-corrected chi connectivity index (χ1v) is 9.62. The molecule has 146 valence electrons. The van der Waals surface area contributed by atoms with Gasteiger partial charge in [0, 0.05) is 12.1 Å². The van der Waals surface area contributed by atoms with E-state index in [0.29, 0.717) is 11.1 Å². The van der Waals surface area contributed by atoms with Gasteiger partial charge in [-0.1, -0.05) is 12.1 Å². The van der Waals surface area contributed by atoms with Crippen LogP contribution in [-0.2, 0) is 0 Å². The molecule has 0 saturated heterocycles. The second-order valence-electron chi connectivity index (χ2n) is 6.44. The number of carbonyl (C=O) groups excluding carboxylic acids is 1. The highest BCUT2D eigenvalue weighted by atomic mass is 79.9. The fourth-order valence-corrected chi connectivity index (χ4v) is 3.11. The maximum absolute atomic E-state index is 12.4. The van der Waals surface area contributed by atoms with Gasteiger partial charge < -0.3 is 15.2 Å². The number of aliphatic hydroxyl groups excluding tert-OH is 1. The molecule has 0 fully saturated rings. The molecule has 0 radical (unpaired) electrons. The molecule has 1 unspecified atom stereocenters. The fraction of sp³-hybridized carbons (Fsp3) is 0.238. The Morgan fingerprint density at radius 1 is 1.18 bits per heavy atom. The molecule has 6 nitrogen and oxygen atoms in total. The third-order valence-corrected chi connectivity index (χ3v) is 5.68. The Morgan fingerprint density at radius 2 is 1.82 bits per heavy atom. The molecule has 7 heteroatoms. The van der Waals surface area contributed by atoms with Crippen LogP contribution in [0.25, 0.3) is 5.69 Å². The molecule has 0 bridgehead atoms. The molecule has 0 aliphatic rings. The number of nitrogens with one attached hydrogen (secondary N) is 1. The van der Waals surface area contributed by atoms with Gasteiger partial charge in [0.05, 0.1) is 34.8 Å². The number of carbonyl (C=O) groups is 1. The topological polar surface area (TPSA) is 76.4 Å². The lowest BCUT2D eigenvalue weighted by Crippen LogP contribution is -2.28. The number of nitrogens with zero attached hydrogens (tertiary/aromatic N) is 2. The van der Waals surface area contributed by atoms with Gasteiger partial charge in [-0.3, -0.25) is 4.79 Å². The summed E-state index contributed by atoms with van der Waals surface area (Å²) in [6.45, 7) is 4.03. The molecule has 2 aromatic carbocycles. The zero-order valence-electron chi connectivity index (χ0n) is 15.9. The van der Waals surface area contributed by atoms with Gasteiger partial charge in [-0.05, 0) is 71.7 Å². The highest BCUT2D eigenvalue weighted by Crippen LogP contribution is 2.23. The number of methoxy groups -OCH3 is 1. The first-order chi connectivity index (χ1) is 13.4. The number of rotatable bonds is 6. The Morgan fingerprint density at radius 3 is 2.36 bits per heavy atom. The van der Waals surface area contributed by atoms with Crippen molar-refractivity contribution in [2.24, 2.45) is 0 Å². The van der Waals surface area contributed by atoms with Crippen molar-refractivity contribution in [3.05, 3.63) is 75.5 Å². The molecule has 0 spiro atoms. The van der Waals surface area contributed by atoms with Crippen LogP contribution in [0.1, 0.15) is 33.4 Å². The number of aryl methyl sites for hydroxylation is 1. The molecule has 1 aromatic heterocycles. The number of halogens is 1. The number of hydrogen-bond acceptors (Lipinski definition) is 4. The Hall–Kier alpha value is -2.64. The Balaban J connectivity index is 1.63. The highest BCUT2D eigenvalue weighted by molar-refractivity contribution is 9.10. The van der Waals surface area contributed by atoms with E-state index < -0.39 is 6.10 Å². The lowest BCUT2D eigenvalue weighted by molar-refractivity contribution is 0.0916. The first kappa shape index (κ1) is 20.1. The minimum atomic E-state index is -0.791. The van der Waals surface area contributed by atoms with E-state index >= 15 is 0 Å². The van der Waals surface area contributed by atoms with Crippen LogP contribution in [0.5, 0.6) is 5.75 Å². The van der Waals surface area contributed by atoms with E-state index in [1.54, 1.807) is 43.5 Å². The average Bonchev–Trinajstić information content (AvgIpc) is 2.99. The van der Waals surface area contributed by atoms with Crippen molar-refractivity contribution in [2.45, 2.75) is 20.0 Å². The van der Waals surface area contributed by atoms with Gasteiger partial charge in [0.2, 0.25) is 0 Å². The van der Waals surface area contributed by atoms with E-state index in [1.165, 1.54) is 0 Å². The summed E-state index contributed by atoms with van der Waals surface area (Å²) in [7, 11) is 1.59. The molecule has 1 heterocycles. The van der Waals surface area contributed by atoms with Crippen molar-refractivity contribution in [1.82, 2.24) is 15.1 Å². The Labute approximate surface area is 172 Å². The van der Waals surface area contributed by atoms with Gasteiger partial charge in [-0.2, -0.15) is 5.10 Å². The lowest BCUT2D eigenvalue weighted by Gasteiger charge is -2.13. The number of aromatic nitrogens is 2. The van der Waals surface area contributed by atoms with Gasteiger partial charge >= 0.3 is 0 Å². The van der Waals surface area contributed by atoms with Crippen molar-refractivity contribution in [3.8, 4) is 11.4 Å². The quantitative estimate of drug-likeness (QED) is 0.608. The van der Waals surface area contributed by atoms with Crippen molar-refractivity contribution >= 4 is 21.8 Å². The van der Waals surface area contributed by atoms with Crippen LogP contribution < -0.4 is 10.1 Å². The smallest absolute Gasteiger partial charge is 0.251 e. The Bertz CT molecular complexity index is 966. The summed E-state index contributed by atoms with van der Waals surface area (Å²) < 4.78 is 7.90. The average molecular weight is 444 g/mol. The molecule has 3 aromatic rings. The third-order valence-electron chi connectivity index (χ3n) is 4.53. The van der Waals surface area contributed by atoms with Crippen molar-refractivity contribution in [3.63, 3.8) is 0 Å². The molecule has 1 atom stereocenters. The summed E-state index contributed by atoms with van der Waals surface area (Å²) in [6, 6.07) is 14.3. The number of ether oxygens (including phenoxy) is 1. The normalized spacial score (nSPS) is 11.9. The molecule has 0 saturated carbocycles. The molecule has 2 N–H and O–H groups in total. The van der Waals surface area contributed by atoms with Crippen LogP contribution in [0.3, 0.4) is 0 Å². The maximum atomic E-state index is 12.4. The highest BCUT2D eigenvalue weighted by Gasteiger charge is 2.13.